The number of hydrogen-bond acceptors (Lipinski definition) is 2. The Morgan fingerprint density at radius 2 is 1.80 bits per heavy atom. The van der Waals surface area contributed by atoms with Crippen LogP contribution in [0.1, 0.15) is 29.7 Å². The highest BCUT2D eigenvalue weighted by Crippen LogP contribution is 2.32. The van der Waals surface area contributed by atoms with Gasteiger partial charge in [-0.25, -0.2) is 0 Å². The summed E-state index contributed by atoms with van der Waals surface area (Å²) in [7, 11) is -1.58. The van der Waals surface area contributed by atoms with Gasteiger partial charge in [0, 0.05) is 11.5 Å². The SMILES string of the molecule is Cc1c(O[Si](C)(C)C)coc1C(C)Cc1ccccc1. The van der Waals surface area contributed by atoms with Crippen molar-refractivity contribution >= 4 is 8.32 Å². The normalized spacial score (nSPS) is 13.2. The fourth-order valence-electron chi connectivity index (χ4n) is 2.39. The van der Waals surface area contributed by atoms with Gasteiger partial charge in [0.2, 0.25) is 8.32 Å². The summed E-state index contributed by atoms with van der Waals surface area (Å²) in [5.41, 5.74) is 2.49. The van der Waals surface area contributed by atoms with E-state index in [2.05, 4.69) is 57.8 Å². The summed E-state index contributed by atoms with van der Waals surface area (Å²) in [6, 6.07) is 10.5. The van der Waals surface area contributed by atoms with Crippen molar-refractivity contribution in [2.24, 2.45) is 0 Å². The van der Waals surface area contributed by atoms with Gasteiger partial charge in [-0.3, -0.25) is 0 Å². The van der Waals surface area contributed by atoms with Gasteiger partial charge in [-0.05, 0) is 38.5 Å². The molecule has 2 nitrogen and oxygen atoms in total. The smallest absolute Gasteiger partial charge is 0.242 e. The van der Waals surface area contributed by atoms with E-state index in [0.29, 0.717) is 5.92 Å². The van der Waals surface area contributed by atoms with Crippen LogP contribution in [0.25, 0.3) is 0 Å². The average molecular weight is 288 g/mol. The molecule has 108 valence electrons. The molecule has 0 radical (unpaired) electrons. The van der Waals surface area contributed by atoms with Gasteiger partial charge in [0.25, 0.3) is 0 Å². The largest absolute Gasteiger partial charge is 0.542 e. The first kappa shape index (κ1) is 14.9. The van der Waals surface area contributed by atoms with Crippen LogP contribution in [0.5, 0.6) is 5.75 Å². The lowest BCUT2D eigenvalue weighted by molar-refractivity contribution is 0.462. The zero-order valence-corrected chi connectivity index (χ0v) is 14.1. The lowest BCUT2D eigenvalue weighted by atomic mass is 9.97. The number of hydrogen-bond donors (Lipinski definition) is 0. The first-order valence-electron chi connectivity index (χ1n) is 7.18. The summed E-state index contributed by atoms with van der Waals surface area (Å²) < 4.78 is 11.8. The number of benzene rings is 1. The van der Waals surface area contributed by atoms with E-state index >= 15 is 0 Å². The predicted octanol–water partition coefficient (Wildman–Crippen LogP) is 5.15. The Morgan fingerprint density at radius 1 is 1.15 bits per heavy atom. The van der Waals surface area contributed by atoms with Crippen molar-refractivity contribution in [1.82, 2.24) is 0 Å². The highest BCUT2D eigenvalue weighted by molar-refractivity contribution is 6.70. The number of furan rings is 1. The van der Waals surface area contributed by atoms with Crippen molar-refractivity contribution in [3.8, 4) is 5.75 Å². The van der Waals surface area contributed by atoms with Gasteiger partial charge < -0.3 is 8.84 Å². The van der Waals surface area contributed by atoms with E-state index in [1.54, 1.807) is 6.26 Å². The Bertz CT molecular complexity index is 552. The molecule has 1 atom stereocenters. The molecule has 20 heavy (non-hydrogen) atoms. The van der Waals surface area contributed by atoms with E-state index in [-0.39, 0.29) is 0 Å². The van der Waals surface area contributed by atoms with Crippen LogP contribution in [-0.4, -0.2) is 8.32 Å². The minimum absolute atomic E-state index is 0.358. The molecule has 2 aromatic rings. The maximum atomic E-state index is 6.06. The van der Waals surface area contributed by atoms with Crippen LogP contribution in [0.3, 0.4) is 0 Å². The van der Waals surface area contributed by atoms with Crippen molar-refractivity contribution < 1.29 is 8.84 Å². The molecule has 1 aromatic carbocycles. The molecule has 1 unspecified atom stereocenters. The molecular formula is C17H24O2Si. The fourth-order valence-corrected chi connectivity index (χ4v) is 3.25. The summed E-state index contributed by atoms with van der Waals surface area (Å²) in [4.78, 5) is 0. The average Bonchev–Trinajstić information content (AvgIpc) is 2.70. The topological polar surface area (TPSA) is 22.4 Å². The minimum Gasteiger partial charge on any atom is -0.542 e. The van der Waals surface area contributed by atoms with Crippen LogP contribution >= 0.6 is 0 Å². The summed E-state index contributed by atoms with van der Waals surface area (Å²) >= 11 is 0. The van der Waals surface area contributed by atoms with Crippen LogP contribution < -0.4 is 4.43 Å². The molecule has 2 rings (SSSR count). The van der Waals surface area contributed by atoms with Crippen molar-refractivity contribution in [1.29, 1.82) is 0 Å². The van der Waals surface area contributed by atoms with Crippen LogP contribution in [0, 0.1) is 6.92 Å². The van der Waals surface area contributed by atoms with Crippen LogP contribution in [0.15, 0.2) is 41.0 Å². The third-order valence-electron chi connectivity index (χ3n) is 3.28. The lowest BCUT2D eigenvalue weighted by Gasteiger charge is -2.18. The Morgan fingerprint density at radius 3 is 2.40 bits per heavy atom. The van der Waals surface area contributed by atoms with E-state index in [4.69, 9.17) is 8.84 Å². The standard InChI is InChI=1S/C17H24O2Si/c1-13(11-15-9-7-6-8-10-15)17-14(2)16(12-18-17)19-20(3,4)5/h6-10,12-13H,11H2,1-5H3. The second-order valence-electron chi connectivity index (χ2n) is 6.39. The summed E-state index contributed by atoms with van der Waals surface area (Å²) in [6.07, 6.45) is 2.76. The molecule has 0 spiro atoms. The van der Waals surface area contributed by atoms with Crippen LogP contribution in [-0.2, 0) is 6.42 Å². The maximum Gasteiger partial charge on any atom is 0.242 e. The minimum atomic E-state index is -1.58. The quantitative estimate of drug-likeness (QED) is 0.710. The predicted molar refractivity (Wildman–Crippen MR) is 86.0 cm³/mol. The molecule has 1 heterocycles. The van der Waals surface area contributed by atoms with Crippen LogP contribution in [0.4, 0.5) is 0 Å². The Hall–Kier alpha value is -1.48. The molecule has 0 saturated carbocycles. The zero-order valence-electron chi connectivity index (χ0n) is 13.1. The van der Waals surface area contributed by atoms with E-state index in [1.807, 2.05) is 6.07 Å². The van der Waals surface area contributed by atoms with E-state index in [9.17, 15) is 0 Å². The van der Waals surface area contributed by atoms with Gasteiger partial charge in [-0.2, -0.15) is 0 Å². The Balaban J connectivity index is 2.13. The van der Waals surface area contributed by atoms with Crippen LogP contribution in [0.2, 0.25) is 19.6 Å². The van der Waals surface area contributed by atoms with Gasteiger partial charge in [0.15, 0.2) is 0 Å². The third kappa shape index (κ3) is 3.76. The Kier molecular flexibility index (Phi) is 4.38. The molecule has 3 heteroatoms. The molecule has 0 saturated heterocycles. The summed E-state index contributed by atoms with van der Waals surface area (Å²) in [5.74, 6) is 2.32. The second-order valence-corrected chi connectivity index (χ2v) is 10.8. The van der Waals surface area contributed by atoms with Gasteiger partial charge >= 0.3 is 0 Å². The molecular weight excluding hydrogens is 264 g/mol. The van der Waals surface area contributed by atoms with Crippen molar-refractivity contribution in [2.75, 3.05) is 0 Å². The highest BCUT2D eigenvalue weighted by atomic mass is 28.4. The summed E-state index contributed by atoms with van der Waals surface area (Å²) in [5, 5.41) is 0. The Labute approximate surface area is 122 Å². The van der Waals surface area contributed by atoms with Gasteiger partial charge in [-0.15, -0.1) is 0 Å². The van der Waals surface area contributed by atoms with Crippen molar-refractivity contribution in [3.63, 3.8) is 0 Å². The molecule has 0 aliphatic rings. The molecule has 0 amide bonds. The first-order valence-corrected chi connectivity index (χ1v) is 10.6. The molecule has 0 aliphatic carbocycles. The van der Waals surface area contributed by atoms with Gasteiger partial charge in [0.05, 0.1) is 0 Å². The van der Waals surface area contributed by atoms with E-state index in [1.165, 1.54) is 5.56 Å². The highest BCUT2D eigenvalue weighted by Gasteiger charge is 2.22. The van der Waals surface area contributed by atoms with E-state index < -0.39 is 8.32 Å². The summed E-state index contributed by atoms with van der Waals surface area (Å²) in [6.45, 7) is 10.9. The molecule has 0 N–H and O–H groups in total. The zero-order chi connectivity index (χ0) is 14.8. The molecule has 0 aliphatic heterocycles. The maximum absolute atomic E-state index is 6.06. The van der Waals surface area contributed by atoms with Gasteiger partial charge in [-0.1, -0.05) is 37.3 Å². The molecule has 1 aromatic heterocycles. The lowest BCUT2D eigenvalue weighted by Crippen LogP contribution is -2.29. The molecule has 0 fully saturated rings. The third-order valence-corrected chi connectivity index (χ3v) is 4.11. The van der Waals surface area contributed by atoms with Crippen molar-refractivity contribution in [2.45, 2.75) is 45.8 Å². The monoisotopic (exact) mass is 288 g/mol. The fraction of sp³-hybridized carbons (Fsp3) is 0.412. The molecule has 0 bridgehead atoms. The first-order chi connectivity index (χ1) is 9.37. The van der Waals surface area contributed by atoms with Crippen molar-refractivity contribution in [3.05, 3.63) is 53.5 Å². The number of rotatable bonds is 5. The second kappa shape index (κ2) is 5.88. The van der Waals surface area contributed by atoms with Gasteiger partial charge in [0.1, 0.15) is 17.8 Å². The van der Waals surface area contributed by atoms with E-state index in [0.717, 1.165) is 23.5 Å².